The molecule has 0 N–H and O–H groups in total. The Morgan fingerprint density at radius 2 is 1.67 bits per heavy atom. The second kappa shape index (κ2) is 18.8. The van der Waals surface area contributed by atoms with E-state index in [1.807, 2.05) is 34.6 Å². The first-order chi connectivity index (χ1) is 7.26. The fourth-order valence-electron chi connectivity index (χ4n) is 0.842. The molecule has 0 heterocycles. The molecule has 0 fully saturated rings. The van der Waals surface area contributed by atoms with Gasteiger partial charge in [-0.05, 0) is 25.0 Å². The number of hydrogen-bond donors (Lipinski definition) is 0. The standard InChI is InChI=1S/C10H15F.2C2H6/c1-4-7-9(6-3)10(11)8-5-2;2*1-2/h5-6,8H,3-4,7H2,1-2H3;2*1-2H3/b8-5-,10-9-;;. The Labute approximate surface area is 95.6 Å². The summed E-state index contributed by atoms with van der Waals surface area (Å²) in [4.78, 5) is 0. The van der Waals surface area contributed by atoms with Crippen LogP contribution in [0.5, 0.6) is 0 Å². The van der Waals surface area contributed by atoms with Gasteiger partial charge in [-0.15, -0.1) is 0 Å². The van der Waals surface area contributed by atoms with E-state index in [-0.39, 0.29) is 5.83 Å². The predicted octanol–water partition coefficient (Wildman–Crippen LogP) is 5.82. The number of hydrogen-bond acceptors (Lipinski definition) is 0. The summed E-state index contributed by atoms with van der Waals surface area (Å²) in [6.45, 7) is 15.4. The summed E-state index contributed by atoms with van der Waals surface area (Å²) in [6, 6.07) is 0. The molecular formula is C14H27F. The van der Waals surface area contributed by atoms with Gasteiger partial charge in [0.1, 0.15) is 5.83 Å². The van der Waals surface area contributed by atoms with Gasteiger partial charge in [0.05, 0.1) is 0 Å². The van der Waals surface area contributed by atoms with E-state index >= 15 is 0 Å². The topological polar surface area (TPSA) is 0 Å². The third-order valence-electron chi connectivity index (χ3n) is 1.39. The summed E-state index contributed by atoms with van der Waals surface area (Å²) in [5, 5.41) is 0. The molecule has 0 nitrogen and oxygen atoms in total. The summed E-state index contributed by atoms with van der Waals surface area (Å²) in [5.41, 5.74) is 0.700. The van der Waals surface area contributed by atoms with Crippen molar-refractivity contribution in [2.24, 2.45) is 0 Å². The van der Waals surface area contributed by atoms with Crippen LogP contribution in [0.15, 0.2) is 36.2 Å². The van der Waals surface area contributed by atoms with Crippen molar-refractivity contribution >= 4 is 0 Å². The van der Waals surface area contributed by atoms with E-state index < -0.39 is 0 Å². The maximum Gasteiger partial charge on any atom is 0.126 e. The molecule has 0 saturated carbocycles. The molecule has 15 heavy (non-hydrogen) atoms. The highest BCUT2D eigenvalue weighted by molar-refractivity contribution is 5.27. The summed E-state index contributed by atoms with van der Waals surface area (Å²) in [5.74, 6) is -0.163. The van der Waals surface area contributed by atoms with Gasteiger partial charge in [0, 0.05) is 0 Å². The van der Waals surface area contributed by atoms with Gasteiger partial charge in [0.15, 0.2) is 0 Å². The third-order valence-corrected chi connectivity index (χ3v) is 1.39. The molecule has 0 atom stereocenters. The van der Waals surface area contributed by atoms with Gasteiger partial charge in [-0.1, -0.05) is 59.8 Å². The summed E-state index contributed by atoms with van der Waals surface area (Å²) in [6.07, 6.45) is 6.45. The van der Waals surface area contributed by atoms with E-state index in [0.29, 0.717) is 5.57 Å². The van der Waals surface area contributed by atoms with Crippen LogP contribution in [0.2, 0.25) is 0 Å². The van der Waals surface area contributed by atoms with Crippen molar-refractivity contribution in [3.05, 3.63) is 36.2 Å². The first kappa shape index (κ1) is 19.7. The quantitative estimate of drug-likeness (QED) is 0.517. The average molecular weight is 214 g/mol. The fourth-order valence-corrected chi connectivity index (χ4v) is 0.842. The normalized spacial score (nSPS) is 10.6. The van der Waals surface area contributed by atoms with Gasteiger partial charge in [0.2, 0.25) is 0 Å². The molecule has 0 unspecified atom stereocenters. The molecule has 0 amide bonds. The van der Waals surface area contributed by atoms with E-state index in [2.05, 4.69) is 6.58 Å². The smallest absolute Gasteiger partial charge is 0.126 e. The van der Waals surface area contributed by atoms with Crippen LogP contribution in [0.4, 0.5) is 4.39 Å². The van der Waals surface area contributed by atoms with Crippen LogP contribution in [0, 0.1) is 0 Å². The Kier molecular flexibility index (Phi) is 24.7. The number of allylic oxidation sites excluding steroid dienone is 5. The summed E-state index contributed by atoms with van der Waals surface area (Å²) >= 11 is 0. The lowest BCUT2D eigenvalue weighted by molar-refractivity contribution is 0.648. The van der Waals surface area contributed by atoms with Crippen LogP contribution in [0.1, 0.15) is 54.4 Å². The van der Waals surface area contributed by atoms with Crippen molar-refractivity contribution in [2.75, 3.05) is 0 Å². The second-order valence-corrected chi connectivity index (χ2v) is 2.33. The zero-order chi connectivity index (χ0) is 12.7. The lowest BCUT2D eigenvalue weighted by Gasteiger charge is -1.98. The van der Waals surface area contributed by atoms with Crippen LogP contribution < -0.4 is 0 Å². The lowest BCUT2D eigenvalue weighted by Crippen LogP contribution is -1.80. The first-order valence-corrected chi connectivity index (χ1v) is 5.90. The van der Waals surface area contributed by atoms with Crippen LogP contribution in [-0.2, 0) is 0 Å². The van der Waals surface area contributed by atoms with E-state index in [1.165, 1.54) is 6.08 Å². The second-order valence-electron chi connectivity index (χ2n) is 2.33. The summed E-state index contributed by atoms with van der Waals surface area (Å²) in [7, 11) is 0. The highest BCUT2D eigenvalue weighted by atomic mass is 19.1. The Hall–Kier alpha value is -0.850. The van der Waals surface area contributed by atoms with Crippen molar-refractivity contribution in [2.45, 2.75) is 54.4 Å². The Bertz CT molecular complexity index is 176. The third kappa shape index (κ3) is 13.2. The highest BCUT2D eigenvalue weighted by Gasteiger charge is 1.96. The van der Waals surface area contributed by atoms with Crippen LogP contribution in [0.3, 0.4) is 0 Å². The molecule has 0 aliphatic rings. The number of halogens is 1. The molecular weight excluding hydrogens is 187 g/mol. The van der Waals surface area contributed by atoms with Crippen molar-refractivity contribution in [1.82, 2.24) is 0 Å². The van der Waals surface area contributed by atoms with Gasteiger partial charge in [-0.2, -0.15) is 0 Å². The molecule has 0 radical (unpaired) electrons. The van der Waals surface area contributed by atoms with Crippen molar-refractivity contribution in [3.8, 4) is 0 Å². The van der Waals surface area contributed by atoms with Gasteiger partial charge >= 0.3 is 0 Å². The zero-order valence-electron chi connectivity index (χ0n) is 11.2. The molecule has 0 saturated heterocycles. The lowest BCUT2D eigenvalue weighted by atomic mass is 10.1. The highest BCUT2D eigenvalue weighted by Crippen LogP contribution is 2.14. The maximum atomic E-state index is 13.0. The molecule has 0 bridgehead atoms. The first-order valence-electron chi connectivity index (χ1n) is 5.90. The minimum Gasteiger partial charge on any atom is -0.207 e. The SMILES string of the molecule is C=C/C(CCC)=C(F)\C=C/C.CC.CC. The molecule has 90 valence electrons. The van der Waals surface area contributed by atoms with Gasteiger partial charge in [-0.25, -0.2) is 4.39 Å². The molecule has 0 aromatic rings. The van der Waals surface area contributed by atoms with Crippen LogP contribution in [0.25, 0.3) is 0 Å². The van der Waals surface area contributed by atoms with E-state index in [9.17, 15) is 4.39 Å². The molecule has 0 aliphatic heterocycles. The zero-order valence-corrected chi connectivity index (χ0v) is 11.2. The minimum atomic E-state index is -0.163. The van der Waals surface area contributed by atoms with Crippen LogP contribution >= 0.6 is 0 Å². The van der Waals surface area contributed by atoms with Crippen molar-refractivity contribution in [1.29, 1.82) is 0 Å². The van der Waals surface area contributed by atoms with E-state index in [0.717, 1.165) is 12.8 Å². The van der Waals surface area contributed by atoms with Gasteiger partial charge in [-0.3, -0.25) is 0 Å². The molecule has 0 aliphatic carbocycles. The largest absolute Gasteiger partial charge is 0.207 e. The van der Waals surface area contributed by atoms with Crippen molar-refractivity contribution < 1.29 is 4.39 Å². The number of rotatable bonds is 4. The average Bonchev–Trinajstić information content (AvgIpc) is 2.31. The van der Waals surface area contributed by atoms with Gasteiger partial charge < -0.3 is 0 Å². The molecule has 0 aromatic carbocycles. The Morgan fingerprint density at radius 1 is 1.20 bits per heavy atom. The van der Waals surface area contributed by atoms with Crippen molar-refractivity contribution in [3.63, 3.8) is 0 Å². The molecule has 1 heteroatoms. The molecule has 0 rings (SSSR count). The molecule has 0 aromatic heterocycles. The van der Waals surface area contributed by atoms with Gasteiger partial charge in [0.25, 0.3) is 0 Å². The summed E-state index contributed by atoms with van der Waals surface area (Å²) < 4.78 is 13.0. The predicted molar refractivity (Wildman–Crippen MR) is 70.7 cm³/mol. The fraction of sp³-hybridized carbons (Fsp3) is 0.571. The van der Waals surface area contributed by atoms with Crippen LogP contribution in [-0.4, -0.2) is 0 Å². The monoisotopic (exact) mass is 214 g/mol. The maximum absolute atomic E-state index is 13.0. The van der Waals surface area contributed by atoms with E-state index in [4.69, 9.17) is 0 Å². The Balaban J connectivity index is -0.000000318. The minimum absolute atomic E-state index is 0.163. The Morgan fingerprint density at radius 3 is 1.93 bits per heavy atom. The molecule has 0 spiro atoms. The van der Waals surface area contributed by atoms with E-state index in [1.54, 1.807) is 19.1 Å².